The summed E-state index contributed by atoms with van der Waals surface area (Å²) >= 11 is 1.54. The fraction of sp³-hybridized carbons (Fsp3) is 0.522. The number of thioether (sulfide) groups is 1. The molecular weight excluding hydrogens is 394 g/mol. The van der Waals surface area contributed by atoms with Crippen molar-refractivity contribution in [3.8, 4) is 0 Å². The molecule has 0 spiro atoms. The standard InChI is InChI=1S/C23H33N5OS/c1-17-21(18(2)26-23(25-17)30-4)8-9-22(29)24-15-19-6-5-7-20(14-19)16-28-12-10-27(3)11-13-28/h5-7,14H,8-13,15-16H2,1-4H3,(H,24,29). The number of likely N-dealkylation sites (N-methyl/N-ethyl adjacent to an activating group) is 1. The number of nitrogens with one attached hydrogen (secondary N) is 1. The number of rotatable bonds is 8. The van der Waals surface area contributed by atoms with Gasteiger partial charge in [0.05, 0.1) is 0 Å². The molecule has 1 aromatic carbocycles. The Labute approximate surface area is 184 Å². The third kappa shape index (κ3) is 6.52. The first kappa shape index (κ1) is 22.7. The highest BCUT2D eigenvalue weighted by Crippen LogP contribution is 2.17. The smallest absolute Gasteiger partial charge is 0.220 e. The van der Waals surface area contributed by atoms with Gasteiger partial charge in [0.2, 0.25) is 5.91 Å². The highest BCUT2D eigenvalue weighted by atomic mass is 32.2. The van der Waals surface area contributed by atoms with Crippen molar-refractivity contribution >= 4 is 17.7 Å². The SMILES string of the molecule is CSc1nc(C)c(CCC(=O)NCc2cccc(CN3CCN(C)CC3)c2)c(C)n1. The van der Waals surface area contributed by atoms with Crippen LogP contribution in [0.3, 0.4) is 0 Å². The van der Waals surface area contributed by atoms with Gasteiger partial charge in [-0.15, -0.1) is 0 Å². The van der Waals surface area contributed by atoms with Crippen molar-refractivity contribution in [3.63, 3.8) is 0 Å². The van der Waals surface area contributed by atoms with Crippen LogP contribution in [0.15, 0.2) is 29.4 Å². The molecule has 0 bridgehead atoms. The number of hydrogen-bond acceptors (Lipinski definition) is 6. The normalized spacial score (nSPS) is 15.3. The van der Waals surface area contributed by atoms with E-state index in [9.17, 15) is 4.79 Å². The zero-order chi connectivity index (χ0) is 21.5. The molecule has 1 amide bonds. The minimum atomic E-state index is 0.0622. The third-order valence-electron chi connectivity index (χ3n) is 5.67. The predicted molar refractivity (Wildman–Crippen MR) is 123 cm³/mol. The Hall–Kier alpha value is -1.96. The van der Waals surface area contributed by atoms with Crippen molar-refractivity contribution in [3.05, 3.63) is 52.3 Å². The fourth-order valence-electron chi connectivity index (χ4n) is 3.79. The molecule has 0 atom stereocenters. The predicted octanol–water partition coefficient (Wildman–Crippen LogP) is 2.81. The van der Waals surface area contributed by atoms with Gasteiger partial charge in [0.1, 0.15) is 0 Å². The van der Waals surface area contributed by atoms with Crippen LogP contribution in [0.5, 0.6) is 0 Å². The molecule has 3 rings (SSSR count). The number of amides is 1. The summed E-state index contributed by atoms with van der Waals surface area (Å²) < 4.78 is 0. The molecule has 1 fully saturated rings. The van der Waals surface area contributed by atoms with E-state index in [0.717, 1.165) is 60.4 Å². The summed E-state index contributed by atoms with van der Waals surface area (Å²) in [6, 6.07) is 8.55. The summed E-state index contributed by atoms with van der Waals surface area (Å²) in [5, 5.41) is 3.85. The minimum Gasteiger partial charge on any atom is -0.352 e. The zero-order valence-corrected chi connectivity index (χ0v) is 19.4. The summed E-state index contributed by atoms with van der Waals surface area (Å²) in [4.78, 5) is 26.3. The lowest BCUT2D eigenvalue weighted by Gasteiger charge is -2.32. The highest BCUT2D eigenvalue weighted by Gasteiger charge is 2.14. The Morgan fingerprint density at radius 2 is 1.77 bits per heavy atom. The molecule has 162 valence electrons. The van der Waals surface area contributed by atoms with Crippen LogP contribution in [0.1, 0.15) is 34.5 Å². The van der Waals surface area contributed by atoms with E-state index in [1.165, 1.54) is 5.56 Å². The minimum absolute atomic E-state index is 0.0622. The second-order valence-corrected chi connectivity index (χ2v) is 8.81. The van der Waals surface area contributed by atoms with E-state index in [1.807, 2.05) is 20.1 Å². The maximum absolute atomic E-state index is 12.4. The van der Waals surface area contributed by atoms with Crippen molar-refractivity contribution in [2.24, 2.45) is 0 Å². The lowest BCUT2D eigenvalue weighted by atomic mass is 10.1. The topological polar surface area (TPSA) is 61.4 Å². The average Bonchev–Trinajstić information content (AvgIpc) is 2.73. The lowest BCUT2D eigenvalue weighted by Crippen LogP contribution is -2.43. The van der Waals surface area contributed by atoms with Crippen LogP contribution in [0.25, 0.3) is 0 Å². The van der Waals surface area contributed by atoms with Crippen molar-refractivity contribution in [1.82, 2.24) is 25.1 Å². The fourth-order valence-corrected chi connectivity index (χ4v) is 4.25. The maximum Gasteiger partial charge on any atom is 0.220 e. The molecule has 1 N–H and O–H groups in total. The molecule has 30 heavy (non-hydrogen) atoms. The number of carbonyl (C=O) groups is 1. The Morgan fingerprint density at radius 1 is 1.10 bits per heavy atom. The summed E-state index contributed by atoms with van der Waals surface area (Å²) in [7, 11) is 2.18. The van der Waals surface area contributed by atoms with Crippen LogP contribution in [0, 0.1) is 13.8 Å². The third-order valence-corrected chi connectivity index (χ3v) is 6.22. The molecule has 0 aliphatic carbocycles. The largest absolute Gasteiger partial charge is 0.352 e. The first-order valence-electron chi connectivity index (χ1n) is 10.6. The van der Waals surface area contributed by atoms with E-state index in [2.05, 4.69) is 56.4 Å². The molecule has 0 radical (unpaired) electrons. The van der Waals surface area contributed by atoms with Crippen LogP contribution >= 0.6 is 11.8 Å². The van der Waals surface area contributed by atoms with Gasteiger partial charge in [-0.1, -0.05) is 36.0 Å². The van der Waals surface area contributed by atoms with Crippen LogP contribution < -0.4 is 5.32 Å². The molecule has 1 aromatic heterocycles. The van der Waals surface area contributed by atoms with Gasteiger partial charge in [-0.05, 0) is 50.3 Å². The Morgan fingerprint density at radius 3 is 2.43 bits per heavy atom. The van der Waals surface area contributed by atoms with E-state index in [1.54, 1.807) is 11.8 Å². The highest BCUT2D eigenvalue weighted by molar-refractivity contribution is 7.98. The molecule has 0 unspecified atom stereocenters. The number of benzene rings is 1. The number of hydrogen-bond donors (Lipinski definition) is 1. The molecule has 2 aromatic rings. The van der Waals surface area contributed by atoms with E-state index in [0.29, 0.717) is 19.4 Å². The number of aryl methyl sites for hydroxylation is 2. The van der Waals surface area contributed by atoms with Crippen LogP contribution in [-0.4, -0.2) is 65.2 Å². The van der Waals surface area contributed by atoms with Gasteiger partial charge in [-0.3, -0.25) is 9.69 Å². The molecule has 1 aliphatic heterocycles. The quantitative estimate of drug-likeness (QED) is 0.516. The van der Waals surface area contributed by atoms with Gasteiger partial charge in [-0.2, -0.15) is 0 Å². The Kier molecular flexibility index (Phi) is 8.24. The molecule has 0 saturated carbocycles. The Balaban J connectivity index is 1.48. The second-order valence-electron chi connectivity index (χ2n) is 8.04. The molecular formula is C23H33N5OS. The van der Waals surface area contributed by atoms with Crippen molar-refractivity contribution in [1.29, 1.82) is 0 Å². The first-order valence-corrected chi connectivity index (χ1v) is 11.8. The average molecular weight is 428 g/mol. The van der Waals surface area contributed by atoms with Crippen LogP contribution in [0.4, 0.5) is 0 Å². The molecule has 1 aliphatic rings. The molecule has 2 heterocycles. The van der Waals surface area contributed by atoms with Crippen LogP contribution in [0.2, 0.25) is 0 Å². The number of carbonyl (C=O) groups excluding carboxylic acids is 1. The van der Waals surface area contributed by atoms with Gasteiger partial charge in [0, 0.05) is 57.1 Å². The maximum atomic E-state index is 12.4. The number of nitrogens with zero attached hydrogens (tertiary/aromatic N) is 4. The van der Waals surface area contributed by atoms with Gasteiger partial charge < -0.3 is 10.2 Å². The summed E-state index contributed by atoms with van der Waals surface area (Å²) in [5.41, 5.74) is 5.48. The number of piperazine rings is 1. The monoisotopic (exact) mass is 427 g/mol. The molecule has 7 heteroatoms. The summed E-state index contributed by atoms with van der Waals surface area (Å²) in [6.07, 6.45) is 3.09. The Bertz CT molecular complexity index is 841. The second kappa shape index (κ2) is 10.9. The van der Waals surface area contributed by atoms with Gasteiger partial charge >= 0.3 is 0 Å². The van der Waals surface area contributed by atoms with E-state index < -0.39 is 0 Å². The van der Waals surface area contributed by atoms with E-state index >= 15 is 0 Å². The van der Waals surface area contributed by atoms with E-state index in [4.69, 9.17) is 0 Å². The number of aromatic nitrogens is 2. The van der Waals surface area contributed by atoms with Crippen molar-refractivity contribution in [2.75, 3.05) is 39.5 Å². The lowest BCUT2D eigenvalue weighted by molar-refractivity contribution is -0.121. The van der Waals surface area contributed by atoms with E-state index in [-0.39, 0.29) is 5.91 Å². The van der Waals surface area contributed by atoms with Crippen molar-refractivity contribution < 1.29 is 4.79 Å². The van der Waals surface area contributed by atoms with Crippen molar-refractivity contribution in [2.45, 2.75) is 44.9 Å². The molecule has 1 saturated heterocycles. The van der Waals surface area contributed by atoms with Crippen LogP contribution in [-0.2, 0) is 24.3 Å². The zero-order valence-electron chi connectivity index (χ0n) is 18.6. The first-order chi connectivity index (χ1) is 14.4. The summed E-state index contributed by atoms with van der Waals surface area (Å²) in [5.74, 6) is 0.0622. The van der Waals surface area contributed by atoms with Gasteiger partial charge in [0.25, 0.3) is 0 Å². The van der Waals surface area contributed by atoms with Gasteiger partial charge in [0.15, 0.2) is 5.16 Å². The summed E-state index contributed by atoms with van der Waals surface area (Å²) in [6.45, 7) is 9.99. The molecule has 6 nitrogen and oxygen atoms in total. The van der Waals surface area contributed by atoms with Gasteiger partial charge in [-0.25, -0.2) is 9.97 Å².